The molecule has 0 atom stereocenters. The zero-order valence-corrected chi connectivity index (χ0v) is 22.4. The lowest BCUT2D eigenvalue weighted by Gasteiger charge is -2.28. The number of nitrogens with two attached hydrogens (primary N) is 2. The Kier molecular flexibility index (Phi) is 8.53. The molecule has 40 heavy (non-hydrogen) atoms. The van der Waals surface area contributed by atoms with E-state index in [-0.39, 0.29) is 11.3 Å². The number of carbonyl (C=O) groups is 1. The second-order valence-electron chi connectivity index (χ2n) is 9.71. The van der Waals surface area contributed by atoms with Gasteiger partial charge in [-0.15, -0.1) is 0 Å². The first-order valence-electron chi connectivity index (χ1n) is 13.6. The molecule has 0 bridgehead atoms. The number of amides is 1. The highest BCUT2D eigenvalue weighted by Gasteiger charge is 2.19. The lowest BCUT2D eigenvalue weighted by Crippen LogP contribution is -2.36. The summed E-state index contributed by atoms with van der Waals surface area (Å²) >= 11 is 0. The van der Waals surface area contributed by atoms with Crippen LogP contribution in [0.1, 0.15) is 29.6 Å². The molecule has 1 aromatic heterocycles. The van der Waals surface area contributed by atoms with Crippen molar-refractivity contribution < 1.29 is 9.90 Å². The lowest BCUT2D eigenvalue weighted by atomic mass is 10.0. The van der Waals surface area contributed by atoms with E-state index in [4.69, 9.17) is 21.4 Å². The van der Waals surface area contributed by atoms with Crippen molar-refractivity contribution in [3.05, 3.63) is 66.2 Å². The molecule has 1 amide bonds. The molecule has 4 aromatic rings. The zero-order valence-electron chi connectivity index (χ0n) is 22.4. The largest absolute Gasteiger partial charge is 0.506 e. The summed E-state index contributed by atoms with van der Waals surface area (Å²) in [5.41, 5.74) is 13.2. The van der Waals surface area contributed by atoms with Gasteiger partial charge in [-0.3, -0.25) is 4.79 Å². The number of carbonyl (C=O) groups excluding carboxylic acids is 1. The van der Waals surface area contributed by atoms with E-state index in [9.17, 15) is 9.90 Å². The fourth-order valence-corrected chi connectivity index (χ4v) is 4.81. The minimum Gasteiger partial charge on any atom is -0.506 e. The van der Waals surface area contributed by atoms with Gasteiger partial charge in [0.25, 0.3) is 5.91 Å². The smallest absolute Gasteiger partial charge is 0.259 e. The van der Waals surface area contributed by atoms with Crippen molar-refractivity contribution in [3.8, 4) is 5.75 Å². The number of anilines is 5. The Hall–Kier alpha value is -4.48. The SMILES string of the molecule is NCCN(CCN)c1nc(Nc2ccc(NC(=O)c3ccc4ccccc4c3O)cc2)nc(N2CCCCC2)n1. The molecule has 0 radical (unpaired) electrons. The van der Waals surface area contributed by atoms with Gasteiger partial charge in [0.15, 0.2) is 0 Å². The van der Waals surface area contributed by atoms with Crippen molar-refractivity contribution in [2.45, 2.75) is 19.3 Å². The van der Waals surface area contributed by atoms with Gasteiger partial charge in [0.1, 0.15) is 5.75 Å². The van der Waals surface area contributed by atoms with Crippen LogP contribution in [0.25, 0.3) is 10.8 Å². The summed E-state index contributed by atoms with van der Waals surface area (Å²) in [4.78, 5) is 31.2. The number of phenols is 1. The summed E-state index contributed by atoms with van der Waals surface area (Å²) in [6.07, 6.45) is 3.40. The van der Waals surface area contributed by atoms with Crippen molar-refractivity contribution in [3.63, 3.8) is 0 Å². The summed E-state index contributed by atoms with van der Waals surface area (Å²) in [6, 6.07) is 18.1. The Morgan fingerprint density at radius 2 is 1.57 bits per heavy atom. The number of benzene rings is 3. The maximum Gasteiger partial charge on any atom is 0.259 e. The highest BCUT2D eigenvalue weighted by atomic mass is 16.3. The van der Waals surface area contributed by atoms with Crippen LogP contribution in [0.4, 0.5) is 29.2 Å². The van der Waals surface area contributed by atoms with Crippen LogP contribution in [-0.4, -0.2) is 65.2 Å². The van der Waals surface area contributed by atoms with Crippen LogP contribution < -0.4 is 31.9 Å². The molecule has 3 aromatic carbocycles. The number of fused-ring (bicyclic) bond motifs is 1. The molecule has 0 aliphatic carbocycles. The zero-order chi connectivity index (χ0) is 27.9. The molecule has 11 nitrogen and oxygen atoms in total. The molecule has 1 aliphatic rings. The standard InChI is InChI=1S/C29H35N9O2/c30-14-18-38(19-15-31)29-35-27(34-28(36-29)37-16-4-1-5-17-37)33-22-11-9-21(10-12-22)32-26(40)24-13-8-20-6-2-3-7-23(20)25(24)39/h2-3,6-13,39H,1,4-5,14-19,30-31H2,(H,32,40)(H,33,34,35,36). The van der Waals surface area contributed by atoms with Gasteiger partial charge in [0.2, 0.25) is 17.8 Å². The van der Waals surface area contributed by atoms with Crippen molar-refractivity contribution in [2.24, 2.45) is 11.5 Å². The van der Waals surface area contributed by atoms with Gasteiger partial charge >= 0.3 is 0 Å². The maximum absolute atomic E-state index is 12.9. The van der Waals surface area contributed by atoms with E-state index in [1.165, 1.54) is 6.42 Å². The van der Waals surface area contributed by atoms with Gasteiger partial charge in [0, 0.05) is 56.0 Å². The van der Waals surface area contributed by atoms with Crippen molar-refractivity contribution in [1.29, 1.82) is 0 Å². The Balaban J connectivity index is 1.34. The van der Waals surface area contributed by atoms with Gasteiger partial charge < -0.3 is 37.0 Å². The topological polar surface area (TPSA) is 159 Å². The molecule has 0 spiro atoms. The fourth-order valence-electron chi connectivity index (χ4n) is 4.81. The molecular weight excluding hydrogens is 506 g/mol. The third-order valence-electron chi connectivity index (χ3n) is 6.88. The summed E-state index contributed by atoms with van der Waals surface area (Å²) in [6.45, 7) is 3.88. The van der Waals surface area contributed by atoms with Crippen LogP contribution in [0, 0.1) is 0 Å². The number of phenolic OH excluding ortho intramolecular Hbond substituents is 1. The minimum atomic E-state index is -0.392. The second kappa shape index (κ2) is 12.6. The maximum atomic E-state index is 12.9. The molecule has 7 N–H and O–H groups in total. The summed E-state index contributed by atoms with van der Waals surface area (Å²) < 4.78 is 0. The lowest BCUT2D eigenvalue weighted by molar-refractivity contribution is 0.102. The molecule has 2 heterocycles. The number of nitrogens with zero attached hydrogens (tertiary/aromatic N) is 5. The molecule has 1 fully saturated rings. The number of rotatable bonds is 10. The van der Waals surface area contributed by atoms with E-state index < -0.39 is 5.91 Å². The quantitative estimate of drug-likeness (QED) is 0.201. The van der Waals surface area contributed by atoms with Crippen LogP contribution in [0.3, 0.4) is 0 Å². The van der Waals surface area contributed by atoms with Gasteiger partial charge in [-0.2, -0.15) is 15.0 Å². The molecule has 11 heteroatoms. The molecule has 0 unspecified atom stereocenters. The Morgan fingerprint density at radius 1 is 0.875 bits per heavy atom. The number of aromatic nitrogens is 3. The number of hydrogen-bond donors (Lipinski definition) is 5. The Labute approximate surface area is 233 Å². The van der Waals surface area contributed by atoms with E-state index in [2.05, 4.69) is 20.5 Å². The first-order chi connectivity index (χ1) is 19.6. The second-order valence-corrected chi connectivity index (χ2v) is 9.71. The van der Waals surface area contributed by atoms with E-state index >= 15 is 0 Å². The fraction of sp³-hybridized carbons (Fsp3) is 0.310. The van der Waals surface area contributed by atoms with Gasteiger partial charge in [0.05, 0.1) is 5.56 Å². The van der Waals surface area contributed by atoms with Gasteiger partial charge in [-0.05, 0) is 55.0 Å². The first-order valence-corrected chi connectivity index (χ1v) is 13.6. The van der Waals surface area contributed by atoms with E-state index in [1.807, 2.05) is 41.3 Å². The molecular formula is C29H35N9O2. The molecule has 5 rings (SSSR count). The van der Waals surface area contributed by atoms with Gasteiger partial charge in [-0.1, -0.05) is 30.3 Å². The van der Waals surface area contributed by atoms with Gasteiger partial charge in [-0.25, -0.2) is 0 Å². The summed E-state index contributed by atoms with van der Waals surface area (Å²) in [5, 5.41) is 18.3. The number of piperidine rings is 1. The Bertz CT molecular complexity index is 1450. The van der Waals surface area contributed by atoms with Crippen LogP contribution in [0.5, 0.6) is 5.75 Å². The predicted molar refractivity (Wildman–Crippen MR) is 160 cm³/mol. The molecule has 0 saturated carbocycles. The van der Waals surface area contributed by atoms with Crippen LogP contribution in [0.2, 0.25) is 0 Å². The Morgan fingerprint density at radius 3 is 2.30 bits per heavy atom. The molecule has 1 aliphatic heterocycles. The van der Waals surface area contributed by atoms with Crippen LogP contribution in [0.15, 0.2) is 60.7 Å². The van der Waals surface area contributed by atoms with E-state index in [0.29, 0.717) is 55.1 Å². The molecule has 208 valence electrons. The van der Waals surface area contributed by atoms with Crippen LogP contribution >= 0.6 is 0 Å². The molecule has 1 saturated heterocycles. The summed E-state index contributed by atoms with van der Waals surface area (Å²) in [5.74, 6) is 1.15. The number of hydrogen-bond acceptors (Lipinski definition) is 10. The third-order valence-corrected chi connectivity index (χ3v) is 6.88. The first kappa shape index (κ1) is 27.1. The van der Waals surface area contributed by atoms with Crippen molar-refractivity contribution in [2.75, 3.05) is 59.7 Å². The monoisotopic (exact) mass is 541 g/mol. The highest BCUT2D eigenvalue weighted by Crippen LogP contribution is 2.29. The highest BCUT2D eigenvalue weighted by molar-refractivity contribution is 6.09. The number of nitrogens with one attached hydrogen (secondary N) is 2. The van der Waals surface area contributed by atoms with E-state index in [0.717, 1.165) is 37.0 Å². The number of aromatic hydroxyl groups is 1. The normalized spacial score (nSPS) is 13.3. The average Bonchev–Trinajstić information content (AvgIpc) is 2.98. The van der Waals surface area contributed by atoms with Crippen molar-refractivity contribution in [1.82, 2.24) is 15.0 Å². The third kappa shape index (κ3) is 6.22. The van der Waals surface area contributed by atoms with Crippen LogP contribution in [-0.2, 0) is 0 Å². The minimum absolute atomic E-state index is 0.0395. The average molecular weight is 542 g/mol. The predicted octanol–water partition coefficient (Wildman–Crippen LogP) is 3.44. The summed E-state index contributed by atoms with van der Waals surface area (Å²) in [7, 11) is 0. The van der Waals surface area contributed by atoms with Crippen molar-refractivity contribution >= 4 is 45.9 Å². The van der Waals surface area contributed by atoms with E-state index in [1.54, 1.807) is 24.3 Å².